The maximum atomic E-state index is 2.48. The lowest BCUT2D eigenvalue weighted by molar-refractivity contribution is 0.768. The monoisotopic (exact) mass is 819 g/mol. The third-order valence-corrected chi connectivity index (χ3v) is 14.1. The van der Waals surface area contributed by atoms with E-state index in [4.69, 9.17) is 0 Å². The van der Waals surface area contributed by atoms with Crippen LogP contribution in [0.2, 0.25) is 0 Å². The highest BCUT2D eigenvalue weighted by molar-refractivity contribution is 7.26. The average molecular weight is 820 g/mol. The van der Waals surface area contributed by atoms with E-state index in [9.17, 15) is 0 Å². The average Bonchev–Trinajstić information content (AvgIpc) is 3.90. The minimum Gasteiger partial charge on any atom is -0.310 e. The molecule has 63 heavy (non-hydrogen) atoms. The molecule has 0 atom stereocenters. The Balaban J connectivity index is 1.05. The highest BCUT2D eigenvalue weighted by Gasteiger charge is 2.45. The van der Waals surface area contributed by atoms with Crippen LogP contribution in [-0.2, 0) is 5.41 Å². The molecule has 0 spiro atoms. The van der Waals surface area contributed by atoms with Crippen molar-refractivity contribution in [2.75, 3.05) is 4.90 Å². The van der Waals surface area contributed by atoms with Crippen LogP contribution in [0.25, 0.3) is 64.7 Å². The van der Waals surface area contributed by atoms with Crippen molar-refractivity contribution >= 4 is 48.6 Å². The zero-order chi connectivity index (χ0) is 41.7. The van der Waals surface area contributed by atoms with Gasteiger partial charge in [0.2, 0.25) is 0 Å². The molecular formula is C61H41NS. The summed E-state index contributed by atoms with van der Waals surface area (Å²) in [6.07, 6.45) is 0. The fourth-order valence-electron chi connectivity index (χ4n) is 10.1. The smallest absolute Gasteiger partial charge is 0.0713 e. The van der Waals surface area contributed by atoms with Crippen molar-refractivity contribution in [1.29, 1.82) is 0 Å². The lowest BCUT2D eigenvalue weighted by Gasteiger charge is -2.34. The highest BCUT2D eigenvalue weighted by Crippen LogP contribution is 2.56. The third-order valence-electron chi connectivity index (χ3n) is 13.0. The first-order valence-corrected chi connectivity index (χ1v) is 22.5. The molecule has 0 saturated heterocycles. The molecule has 0 aliphatic heterocycles. The first-order valence-electron chi connectivity index (χ1n) is 21.7. The molecule has 0 fully saturated rings. The van der Waals surface area contributed by atoms with Gasteiger partial charge in [-0.2, -0.15) is 0 Å². The van der Waals surface area contributed by atoms with E-state index in [0.717, 1.165) is 17.1 Å². The summed E-state index contributed by atoms with van der Waals surface area (Å²) in [5.74, 6) is 0. The van der Waals surface area contributed by atoms with Gasteiger partial charge in [-0.25, -0.2) is 0 Å². The van der Waals surface area contributed by atoms with Crippen LogP contribution < -0.4 is 4.90 Å². The predicted molar refractivity (Wildman–Crippen MR) is 268 cm³/mol. The number of nitrogens with zero attached hydrogens (tertiary/aromatic N) is 1. The van der Waals surface area contributed by atoms with Crippen molar-refractivity contribution in [3.05, 3.63) is 271 Å². The number of hydrogen-bond donors (Lipinski definition) is 0. The molecule has 0 amide bonds. The van der Waals surface area contributed by atoms with E-state index in [1.807, 2.05) is 11.3 Å². The summed E-state index contributed by atoms with van der Waals surface area (Å²) in [5.41, 5.74) is 17.8. The Morgan fingerprint density at radius 2 is 0.746 bits per heavy atom. The van der Waals surface area contributed by atoms with Crippen LogP contribution in [0.3, 0.4) is 0 Å². The zero-order valence-electron chi connectivity index (χ0n) is 34.5. The van der Waals surface area contributed by atoms with E-state index in [1.54, 1.807) is 0 Å². The van der Waals surface area contributed by atoms with Gasteiger partial charge in [-0.1, -0.05) is 206 Å². The molecule has 1 aliphatic rings. The predicted octanol–water partition coefficient (Wildman–Crippen LogP) is 16.9. The molecule has 2 heteroatoms. The van der Waals surface area contributed by atoms with Crippen LogP contribution in [0.4, 0.5) is 17.1 Å². The summed E-state index contributed by atoms with van der Waals surface area (Å²) >= 11 is 1.87. The van der Waals surface area contributed by atoms with E-state index >= 15 is 0 Å². The van der Waals surface area contributed by atoms with Crippen LogP contribution in [0, 0.1) is 0 Å². The molecule has 0 bridgehead atoms. The maximum Gasteiger partial charge on any atom is 0.0713 e. The summed E-state index contributed by atoms with van der Waals surface area (Å²) < 4.78 is 2.55. The minimum absolute atomic E-state index is 0.473. The van der Waals surface area contributed by atoms with Crippen molar-refractivity contribution < 1.29 is 0 Å². The van der Waals surface area contributed by atoms with E-state index in [-0.39, 0.29) is 0 Å². The summed E-state index contributed by atoms with van der Waals surface area (Å²) in [7, 11) is 0. The Kier molecular flexibility index (Phi) is 8.98. The molecule has 10 aromatic carbocycles. The zero-order valence-corrected chi connectivity index (χ0v) is 35.3. The number of thiophene rings is 1. The molecule has 12 rings (SSSR count). The van der Waals surface area contributed by atoms with Gasteiger partial charge in [0.25, 0.3) is 0 Å². The van der Waals surface area contributed by atoms with E-state index in [2.05, 4.69) is 254 Å². The number of anilines is 3. The highest BCUT2D eigenvalue weighted by atomic mass is 32.1. The summed E-state index contributed by atoms with van der Waals surface area (Å²) in [6, 6.07) is 91.5. The number of hydrogen-bond acceptors (Lipinski definition) is 2. The Hall–Kier alpha value is -7.78. The quantitative estimate of drug-likeness (QED) is 0.148. The van der Waals surface area contributed by atoms with Gasteiger partial charge in [-0.3, -0.25) is 0 Å². The van der Waals surface area contributed by atoms with Crippen molar-refractivity contribution in [3.8, 4) is 44.5 Å². The molecule has 0 radical (unpaired) electrons. The molecule has 1 aromatic heterocycles. The van der Waals surface area contributed by atoms with Crippen LogP contribution in [-0.4, -0.2) is 0 Å². The van der Waals surface area contributed by atoms with Crippen LogP contribution >= 0.6 is 11.3 Å². The maximum absolute atomic E-state index is 2.48. The number of rotatable bonds is 8. The van der Waals surface area contributed by atoms with Gasteiger partial charge in [0.05, 0.1) is 11.1 Å². The Bertz CT molecular complexity index is 3360. The van der Waals surface area contributed by atoms with E-state index < -0.39 is 5.41 Å². The molecular weight excluding hydrogens is 779 g/mol. The number of fused-ring (bicyclic) bond motifs is 6. The second-order valence-corrected chi connectivity index (χ2v) is 17.5. The first kappa shape index (κ1) is 37.0. The molecule has 11 aromatic rings. The summed E-state index contributed by atoms with van der Waals surface area (Å²) in [4.78, 5) is 2.48. The lowest BCUT2D eigenvalue weighted by Crippen LogP contribution is -2.28. The topological polar surface area (TPSA) is 3.24 Å². The Morgan fingerprint density at radius 1 is 0.317 bits per heavy atom. The van der Waals surface area contributed by atoms with E-state index in [1.165, 1.54) is 86.9 Å². The molecule has 0 unspecified atom stereocenters. The fraction of sp³-hybridized carbons (Fsp3) is 0.0164. The first-order chi connectivity index (χ1) is 31.2. The molecule has 1 heterocycles. The van der Waals surface area contributed by atoms with E-state index in [0.29, 0.717) is 0 Å². The van der Waals surface area contributed by atoms with Crippen molar-refractivity contribution in [1.82, 2.24) is 0 Å². The normalized spacial score (nSPS) is 12.6. The van der Waals surface area contributed by atoms with Gasteiger partial charge < -0.3 is 4.90 Å². The standard InChI is InChI=1S/C61H41NS/c1-4-16-42(17-5-1)44-28-30-45(31-29-44)46-32-36-50(37-33-46)62(57-40-47(43-18-6-2-7-19-43)41-59-60(57)54-24-12-15-27-58(54)63-59)51-38-34-49(35-39-51)61(48-20-8-3-9-21-48)55-25-13-10-22-52(55)53-23-11-14-26-56(53)61/h1-41H. The summed E-state index contributed by atoms with van der Waals surface area (Å²) in [5, 5.41) is 2.53. The lowest BCUT2D eigenvalue weighted by atomic mass is 9.68. The molecule has 1 nitrogen and oxygen atoms in total. The van der Waals surface area contributed by atoms with Crippen LogP contribution in [0.5, 0.6) is 0 Å². The number of benzene rings is 10. The summed E-state index contributed by atoms with van der Waals surface area (Å²) in [6.45, 7) is 0. The van der Waals surface area contributed by atoms with Gasteiger partial charge in [-0.05, 0) is 109 Å². The van der Waals surface area contributed by atoms with Crippen LogP contribution in [0.15, 0.2) is 249 Å². The van der Waals surface area contributed by atoms with Crippen molar-refractivity contribution in [2.45, 2.75) is 5.41 Å². The van der Waals surface area contributed by atoms with Gasteiger partial charge >= 0.3 is 0 Å². The van der Waals surface area contributed by atoms with Gasteiger partial charge in [0.1, 0.15) is 0 Å². The second-order valence-electron chi connectivity index (χ2n) is 16.4. The molecule has 0 saturated carbocycles. The minimum atomic E-state index is -0.473. The molecule has 0 N–H and O–H groups in total. The van der Waals surface area contributed by atoms with Gasteiger partial charge in [0, 0.05) is 31.5 Å². The van der Waals surface area contributed by atoms with Gasteiger partial charge in [0.15, 0.2) is 0 Å². The Labute approximate surface area is 372 Å². The Morgan fingerprint density at radius 3 is 1.33 bits per heavy atom. The second kappa shape index (κ2) is 15.3. The largest absolute Gasteiger partial charge is 0.310 e. The third kappa shape index (κ3) is 6.14. The van der Waals surface area contributed by atoms with Crippen molar-refractivity contribution in [3.63, 3.8) is 0 Å². The molecule has 1 aliphatic carbocycles. The van der Waals surface area contributed by atoms with Crippen molar-refractivity contribution in [2.24, 2.45) is 0 Å². The van der Waals surface area contributed by atoms with Crippen LogP contribution in [0.1, 0.15) is 22.3 Å². The van der Waals surface area contributed by atoms with Gasteiger partial charge in [-0.15, -0.1) is 11.3 Å². The fourth-order valence-corrected chi connectivity index (χ4v) is 11.3. The SMILES string of the molecule is c1ccc(-c2ccc(-c3ccc(N(c4ccc(C5(c6ccccc6)c6ccccc6-c6ccccc65)cc4)c4cc(-c5ccccc5)cc5sc6ccccc6c45)cc3)cc2)cc1. The molecule has 296 valence electrons.